The summed E-state index contributed by atoms with van der Waals surface area (Å²) >= 11 is 1.91. The number of fused-ring (bicyclic) bond motifs is 10. The van der Waals surface area contributed by atoms with Crippen LogP contribution in [0.3, 0.4) is 0 Å². The predicted octanol–water partition coefficient (Wildman–Crippen LogP) is 17.6. The number of rotatable bonds is 9. The Morgan fingerprint density at radius 3 is 1.29 bits per heavy atom. The largest absolute Gasteiger partial charge is 0.458 e. The minimum absolute atomic E-state index is 0.153. The molecule has 17 rings (SSSR count). The molecule has 0 spiro atoms. The zero-order chi connectivity index (χ0) is 58.0. The van der Waals surface area contributed by atoms with E-state index in [4.69, 9.17) is 4.74 Å². The second-order valence-corrected chi connectivity index (χ2v) is 24.7. The summed E-state index contributed by atoms with van der Waals surface area (Å²) < 4.78 is 10.3. The molecule has 6 nitrogen and oxygen atoms in total. The highest BCUT2D eigenvalue weighted by molar-refractivity contribution is 7.33. The number of ether oxygens (including phenoxy) is 1. The normalized spacial score (nSPS) is 13.0. The molecule has 4 aliphatic heterocycles. The Kier molecular flexibility index (Phi) is 11.8. The maximum absolute atomic E-state index is 7.79. The van der Waals surface area contributed by atoms with Gasteiger partial charge in [0.1, 0.15) is 11.5 Å². The fraction of sp³-hybridized carbons (Fsp3) is 0.0513. The standard InChI is InChI=1S/C78H57B2N5OS/c1-50-28-36-57(37-29-50)81(58-38-30-51(2)31-39-58)61-44-69-75-70(45-61)84(55-20-10-6-11-21-55)68-49-72-66(48-65(68)79(75)64-25-15-16-26-67(64)83(69)54-18-8-5-9-19-54)80-76-71(85(56-22-12-7-13-23-56)77-63-24-14-17-27-74(63)87-78(77)80)46-62(47-73(76)86-72)82(59-40-32-52(3)33-41-59)60-42-34-53(4)35-43-60/h5-49H,1-4H3. The number of nitrogens with zero attached hydrogens (tertiary/aromatic N) is 5. The molecule has 0 saturated carbocycles. The van der Waals surface area contributed by atoms with Gasteiger partial charge < -0.3 is 29.2 Å². The van der Waals surface area contributed by atoms with Gasteiger partial charge >= 0.3 is 0 Å². The van der Waals surface area contributed by atoms with Gasteiger partial charge in [-0.1, -0.05) is 168 Å². The molecule has 0 saturated heterocycles. The third-order valence-electron chi connectivity index (χ3n) is 18.1. The van der Waals surface area contributed by atoms with Crippen molar-refractivity contribution in [2.75, 3.05) is 24.5 Å². The summed E-state index contributed by atoms with van der Waals surface area (Å²) in [6, 6.07) is 101. The van der Waals surface area contributed by atoms with E-state index in [1.54, 1.807) is 0 Å². The molecule has 412 valence electrons. The van der Waals surface area contributed by atoms with Crippen LogP contribution in [0.15, 0.2) is 273 Å². The molecule has 12 aromatic carbocycles. The number of benzene rings is 12. The lowest BCUT2D eigenvalue weighted by molar-refractivity contribution is 0.488. The fourth-order valence-corrected chi connectivity index (χ4v) is 15.4. The van der Waals surface area contributed by atoms with Crippen molar-refractivity contribution in [3.05, 3.63) is 295 Å². The number of anilines is 15. The van der Waals surface area contributed by atoms with Gasteiger partial charge in [-0.15, -0.1) is 11.3 Å². The molecule has 0 radical (unpaired) electrons. The monoisotopic (exact) mass is 1130 g/mol. The van der Waals surface area contributed by atoms with E-state index in [9.17, 15) is 0 Å². The number of thiophene rings is 1. The second-order valence-electron chi connectivity index (χ2n) is 23.6. The lowest BCUT2D eigenvalue weighted by Gasteiger charge is -2.46. The number of hydrogen-bond donors (Lipinski definition) is 0. The first-order valence-corrected chi connectivity index (χ1v) is 30.9. The van der Waals surface area contributed by atoms with Gasteiger partial charge in [0, 0.05) is 95.2 Å². The maximum atomic E-state index is 7.79. The summed E-state index contributed by atoms with van der Waals surface area (Å²) in [4.78, 5) is 12.4. The van der Waals surface area contributed by atoms with E-state index < -0.39 is 0 Å². The number of hydrogen-bond acceptors (Lipinski definition) is 7. The number of aryl methyl sites for hydroxylation is 4. The molecule has 0 unspecified atom stereocenters. The van der Waals surface area contributed by atoms with E-state index in [2.05, 4.69) is 325 Å². The third kappa shape index (κ3) is 8.17. The predicted molar refractivity (Wildman–Crippen MR) is 370 cm³/mol. The first-order chi connectivity index (χ1) is 42.8. The van der Waals surface area contributed by atoms with Crippen LogP contribution in [0.1, 0.15) is 22.3 Å². The third-order valence-corrected chi connectivity index (χ3v) is 19.3. The smallest absolute Gasteiger partial charge is 0.268 e. The van der Waals surface area contributed by atoms with E-state index in [0.29, 0.717) is 0 Å². The number of para-hydroxylation sites is 4. The first-order valence-electron chi connectivity index (χ1n) is 30.0. The minimum Gasteiger partial charge on any atom is -0.458 e. The molecule has 9 heteroatoms. The van der Waals surface area contributed by atoms with Crippen LogP contribution in [0.25, 0.3) is 10.1 Å². The van der Waals surface area contributed by atoms with E-state index in [0.717, 1.165) is 102 Å². The molecule has 0 atom stereocenters. The van der Waals surface area contributed by atoms with Crippen LogP contribution in [0.4, 0.5) is 85.3 Å². The molecule has 1 aromatic heterocycles. The fourth-order valence-electron chi connectivity index (χ4n) is 14.1. The molecule has 5 heterocycles. The second kappa shape index (κ2) is 20.1. The molecule has 0 fully saturated rings. The van der Waals surface area contributed by atoms with E-state index >= 15 is 0 Å². The van der Waals surface area contributed by atoms with Crippen LogP contribution >= 0.6 is 11.3 Å². The van der Waals surface area contributed by atoms with Gasteiger partial charge in [-0.05, 0) is 170 Å². The maximum Gasteiger partial charge on any atom is 0.268 e. The van der Waals surface area contributed by atoms with Gasteiger partial charge in [-0.25, -0.2) is 0 Å². The summed E-state index contributed by atoms with van der Waals surface area (Å²) in [5.41, 5.74) is 27.3. The van der Waals surface area contributed by atoms with Crippen molar-refractivity contribution in [1.82, 2.24) is 0 Å². The van der Waals surface area contributed by atoms with Crippen molar-refractivity contribution in [1.29, 1.82) is 0 Å². The highest BCUT2D eigenvalue weighted by Crippen LogP contribution is 2.52. The van der Waals surface area contributed by atoms with Crippen molar-refractivity contribution in [2.45, 2.75) is 27.7 Å². The van der Waals surface area contributed by atoms with Crippen molar-refractivity contribution < 1.29 is 4.74 Å². The summed E-state index contributed by atoms with van der Waals surface area (Å²) in [5, 5.41) is 1.23. The molecular formula is C78H57B2N5OS. The molecule has 0 bridgehead atoms. The Hall–Kier alpha value is -10.5. The zero-order valence-electron chi connectivity index (χ0n) is 48.7. The van der Waals surface area contributed by atoms with Crippen LogP contribution in [-0.2, 0) is 0 Å². The van der Waals surface area contributed by atoms with Crippen molar-refractivity contribution in [2.24, 2.45) is 0 Å². The van der Waals surface area contributed by atoms with Crippen molar-refractivity contribution in [3.8, 4) is 11.5 Å². The Morgan fingerprint density at radius 2 is 0.759 bits per heavy atom. The summed E-state index contributed by atoms with van der Waals surface area (Å²) in [6.45, 7) is 8.31. The molecule has 4 aliphatic rings. The summed E-state index contributed by atoms with van der Waals surface area (Å²) in [7, 11) is 0. The van der Waals surface area contributed by atoms with Gasteiger partial charge in [0.05, 0.1) is 17.1 Å². The van der Waals surface area contributed by atoms with E-state index in [-0.39, 0.29) is 13.4 Å². The van der Waals surface area contributed by atoms with Crippen LogP contribution < -0.4 is 61.3 Å². The molecule has 13 aromatic rings. The Morgan fingerprint density at radius 1 is 0.322 bits per heavy atom. The zero-order valence-corrected chi connectivity index (χ0v) is 49.5. The van der Waals surface area contributed by atoms with Gasteiger partial charge in [0.15, 0.2) is 0 Å². The quantitative estimate of drug-likeness (QED) is 0.134. The topological polar surface area (TPSA) is 25.4 Å². The first kappa shape index (κ1) is 51.0. The summed E-state index contributed by atoms with van der Waals surface area (Å²) in [5.74, 6) is 1.69. The van der Waals surface area contributed by atoms with Gasteiger partial charge in [-0.3, -0.25) is 0 Å². The molecule has 0 aliphatic carbocycles. The van der Waals surface area contributed by atoms with E-state index in [1.165, 1.54) is 59.2 Å². The highest BCUT2D eigenvalue weighted by atomic mass is 32.1. The van der Waals surface area contributed by atoms with Crippen LogP contribution in [0.2, 0.25) is 0 Å². The van der Waals surface area contributed by atoms with Crippen LogP contribution in [0, 0.1) is 27.7 Å². The molecular weight excluding hydrogens is 1080 g/mol. The van der Waals surface area contributed by atoms with Gasteiger partial charge in [-0.2, -0.15) is 0 Å². The summed E-state index contributed by atoms with van der Waals surface area (Å²) in [6.07, 6.45) is 0. The van der Waals surface area contributed by atoms with E-state index in [1.807, 2.05) is 11.3 Å². The van der Waals surface area contributed by atoms with Crippen molar-refractivity contribution in [3.63, 3.8) is 0 Å². The lowest BCUT2D eigenvalue weighted by atomic mass is 9.31. The Balaban J connectivity index is 0.959. The highest BCUT2D eigenvalue weighted by Gasteiger charge is 2.49. The molecule has 87 heavy (non-hydrogen) atoms. The van der Waals surface area contributed by atoms with Crippen molar-refractivity contribution >= 4 is 152 Å². The molecule has 0 amide bonds. The van der Waals surface area contributed by atoms with Crippen LogP contribution in [0.5, 0.6) is 11.5 Å². The van der Waals surface area contributed by atoms with Gasteiger partial charge in [0.25, 0.3) is 13.4 Å². The minimum atomic E-state index is -0.164. The lowest BCUT2D eigenvalue weighted by Crippen LogP contribution is -2.64. The SMILES string of the molecule is Cc1ccc(N(c2ccc(C)cc2)c2cc3c4c(c2)N(c2ccccc2)c2c(sc5ccccc25)B4c2cc4c(cc2O3)N(c2ccccc2)c2cc(N(c3ccc(C)cc3)c3ccc(C)cc3)cc3c2B4c2ccccc2N3c2ccccc2)cc1. The average Bonchev–Trinajstić information content (AvgIpc) is 1.56. The Labute approximate surface area is 512 Å². The molecule has 0 N–H and O–H groups in total. The van der Waals surface area contributed by atoms with Gasteiger partial charge in [0.2, 0.25) is 0 Å². The average molecular weight is 1130 g/mol. The Bertz CT molecular complexity index is 4760. The van der Waals surface area contributed by atoms with Crippen LogP contribution in [-0.4, -0.2) is 13.4 Å².